The fourth-order valence-electron chi connectivity index (χ4n) is 3.15. The van der Waals surface area contributed by atoms with Crippen LogP contribution in [-0.4, -0.2) is 46.0 Å². The first-order valence-corrected chi connectivity index (χ1v) is 7.73. The van der Waals surface area contributed by atoms with Crippen molar-refractivity contribution >= 4 is 5.91 Å². The third kappa shape index (κ3) is 3.03. The minimum absolute atomic E-state index is 0.124. The van der Waals surface area contributed by atoms with Gasteiger partial charge in [0.25, 0.3) is 0 Å². The maximum atomic E-state index is 12.4. The number of amides is 1. The van der Waals surface area contributed by atoms with Crippen molar-refractivity contribution in [1.82, 2.24) is 19.8 Å². The lowest BCUT2D eigenvalue weighted by Gasteiger charge is -2.26. The Labute approximate surface area is 120 Å². The second-order valence-corrected chi connectivity index (χ2v) is 6.02. The molecule has 1 unspecified atom stereocenters. The molecule has 1 atom stereocenters. The van der Waals surface area contributed by atoms with Crippen LogP contribution in [0, 0.1) is 5.92 Å². The smallest absolute Gasteiger partial charge is 0.237 e. The highest BCUT2D eigenvalue weighted by Gasteiger charge is 2.40. The molecule has 1 saturated heterocycles. The molecular formula is C15H24N4O. The number of rotatable bonds is 6. The molecule has 5 heteroatoms. The molecule has 0 bridgehead atoms. The van der Waals surface area contributed by atoms with Crippen molar-refractivity contribution in [2.75, 3.05) is 19.6 Å². The summed E-state index contributed by atoms with van der Waals surface area (Å²) in [4.78, 5) is 19.1. The van der Waals surface area contributed by atoms with Crippen molar-refractivity contribution in [1.29, 1.82) is 0 Å². The molecule has 1 saturated carbocycles. The Kier molecular flexibility index (Phi) is 4.05. The van der Waals surface area contributed by atoms with Gasteiger partial charge in [-0.1, -0.05) is 0 Å². The molecule has 0 radical (unpaired) electrons. The lowest BCUT2D eigenvalue weighted by Crippen LogP contribution is -2.47. The first-order valence-electron chi connectivity index (χ1n) is 7.73. The van der Waals surface area contributed by atoms with E-state index in [9.17, 15) is 4.79 Å². The first-order chi connectivity index (χ1) is 9.75. The third-order valence-corrected chi connectivity index (χ3v) is 4.44. The Bertz CT molecular complexity index is 460. The average molecular weight is 276 g/mol. The Morgan fingerprint density at radius 1 is 1.45 bits per heavy atom. The van der Waals surface area contributed by atoms with E-state index in [1.807, 2.05) is 17.8 Å². The lowest BCUT2D eigenvalue weighted by molar-refractivity contribution is -0.126. The number of hydrogen-bond acceptors (Lipinski definition) is 3. The van der Waals surface area contributed by atoms with Gasteiger partial charge in [0.05, 0.1) is 6.04 Å². The minimum Gasteiger partial charge on any atom is -0.354 e. The zero-order valence-corrected chi connectivity index (χ0v) is 12.2. The molecule has 1 N–H and O–H groups in total. The number of aryl methyl sites for hydroxylation is 1. The van der Waals surface area contributed by atoms with Gasteiger partial charge in [0.1, 0.15) is 5.82 Å². The summed E-state index contributed by atoms with van der Waals surface area (Å²) >= 11 is 0. The normalized spacial score (nSPS) is 21.1. The lowest BCUT2D eigenvalue weighted by atomic mass is 10.1. The fraction of sp³-hybridized carbons (Fsp3) is 0.733. The Hall–Kier alpha value is -1.36. The van der Waals surface area contributed by atoms with Crippen LogP contribution in [0.15, 0.2) is 12.4 Å². The standard InChI is InChI=1S/C15H24N4O/c1-18-11-8-16-13(18)6-7-17-15(20)14(12-4-5-12)19-9-2-3-10-19/h8,11-12,14H,2-7,9-10H2,1H3,(H,17,20). The summed E-state index contributed by atoms with van der Waals surface area (Å²) in [5, 5.41) is 3.11. The first kappa shape index (κ1) is 13.6. The van der Waals surface area contributed by atoms with Gasteiger partial charge in [-0.25, -0.2) is 4.98 Å². The van der Waals surface area contributed by atoms with Crippen LogP contribution >= 0.6 is 0 Å². The number of nitrogens with one attached hydrogen (secondary N) is 1. The van der Waals surface area contributed by atoms with Gasteiger partial charge in [-0.3, -0.25) is 9.69 Å². The van der Waals surface area contributed by atoms with Crippen LogP contribution < -0.4 is 5.32 Å². The Morgan fingerprint density at radius 2 is 2.20 bits per heavy atom. The number of aromatic nitrogens is 2. The van der Waals surface area contributed by atoms with Crippen LogP contribution in [0.3, 0.4) is 0 Å². The van der Waals surface area contributed by atoms with E-state index in [1.165, 1.54) is 25.7 Å². The predicted molar refractivity (Wildman–Crippen MR) is 77.2 cm³/mol. The number of carbonyl (C=O) groups excluding carboxylic acids is 1. The maximum absolute atomic E-state index is 12.4. The molecule has 0 aromatic carbocycles. The van der Waals surface area contributed by atoms with Crippen molar-refractivity contribution in [2.45, 2.75) is 38.1 Å². The van der Waals surface area contributed by atoms with E-state index in [0.29, 0.717) is 12.5 Å². The van der Waals surface area contributed by atoms with Crippen LogP contribution in [0.5, 0.6) is 0 Å². The second kappa shape index (κ2) is 5.95. The molecule has 20 heavy (non-hydrogen) atoms. The molecule has 2 fully saturated rings. The summed E-state index contributed by atoms with van der Waals surface area (Å²) in [5.41, 5.74) is 0. The maximum Gasteiger partial charge on any atom is 0.237 e. The molecule has 1 aromatic heterocycles. The van der Waals surface area contributed by atoms with Gasteiger partial charge in [0.2, 0.25) is 5.91 Å². The van der Waals surface area contributed by atoms with Crippen LogP contribution in [0.25, 0.3) is 0 Å². The van der Waals surface area contributed by atoms with Crippen LogP contribution in [0.4, 0.5) is 0 Å². The van der Waals surface area contributed by atoms with Gasteiger partial charge in [-0.15, -0.1) is 0 Å². The molecule has 110 valence electrons. The average Bonchev–Trinajstić information content (AvgIpc) is 2.94. The summed E-state index contributed by atoms with van der Waals surface area (Å²) in [6.45, 7) is 2.86. The van der Waals surface area contributed by atoms with Crippen molar-refractivity contribution in [3.63, 3.8) is 0 Å². The molecule has 1 aliphatic carbocycles. The van der Waals surface area contributed by atoms with Crippen molar-refractivity contribution in [2.24, 2.45) is 13.0 Å². The summed E-state index contributed by atoms with van der Waals surface area (Å²) in [5.74, 6) is 1.85. The zero-order valence-electron chi connectivity index (χ0n) is 12.2. The number of imidazole rings is 1. The SMILES string of the molecule is Cn1ccnc1CCNC(=O)C(C1CC1)N1CCCC1. The van der Waals surface area contributed by atoms with Crippen molar-refractivity contribution < 1.29 is 4.79 Å². The molecular weight excluding hydrogens is 252 g/mol. The van der Waals surface area contributed by atoms with E-state index in [4.69, 9.17) is 0 Å². The molecule has 1 amide bonds. The van der Waals surface area contributed by atoms with E-state index in [2.05, 4.69) is 15.2 Å². The van der Waals surface area contributed by atoms with Gasteiger partial charge in [-0.2, -0.15) is 0 Å². The topological polar surface area (TPSA) is 50.2 Å². The highest BCUT2D eigenvalue weighted by molar-refractivity contribution is 5.82. The summed E-state index contributed by atoms with van der Waals surface area (Å²) in [6.07, 6.45) is 9.45. The number of carbonyl (C=O) groups is 1. The van der Waals surface area contributed by atoms with Gasteiger partial charge < -0.3 is 9.88 Å². The molecule has 0 spiro atoms. The Morgan fingerprint density at radius 3 is 2.80 bits per heavy atom. The zero-order chi connectivity index (χ0) is 13.9. The minimum atomic E-state index is 0.124. The molecule has 1 aromatic rings. The summed E-state index contributed by atoms with van der Waals surface area (Å²) < 4.78 is 2.00. The Balaban J connectivity index is 1.50. The number of hydrogen-bond donors (Lipinski definition) is 1. The monoisotopic (exact) mass is 276 g/mol. The van der Waals surface area contributed by atoms with E-state index >= 15 is 0 Å². The summed E-state index contributed by atoms with van der Waals surface area (Å²) in [6, 6.07) is 0.124. The van der Waals surface area contributed by atoms with Crippen LogP contribution in [-0.2, 0) is 18.3 Å². The predicted octanol–water partition coefficient (Wildman–Crippen LogP) is 0.953. The number of nitrogens with zero attached hydrogens (tertiary/aromatic N) is 3. The van der Waals surface area contributed by atoms with Gasteiger partial charge >= 0.3 is 0 Å². The van der Waals surface area contributed by atoms with E-state index in [-0.39, 0.29) is 11.9 Å². The molecule has 2 aliphatic rings. The van der Waals surface area contributed by atoms with Crippen molar-refractivity contribution in [3.05, 3.63) is 18.2 Å². The third-order valence-electron chi connectivity index (χ3n) is 4.44. The fourth-order valence-corrected chi connectivity index (χ4v) is 3.15. The molecule has 5 nitrogen and oxygen atoms in total. The van der Waals surface area contributed by atoms with E-state index < -0.39 is 0 Å². The van der Waals surface area contributed by atoms with E-state index in [0.717, 1.165) is 25.3 Å². The molecule has 2 heterocycles. The highest BCUT2D eigenvalue weighted by Crippen LogP contribution is 2.36. The molecule has 1 aliphatic heterocycles. The quantitative estimate of drug-likeness (QED) is 0.842. The highest BCUT2D eigenvalue weighted by atomic mass is 16.2. The largest absolute Gasteiger partial charge is 0.354 e. The van der Waals surface area contributed by atoms with Gasteiger partial charge in [0, 0.05) is 32.4 Å². The van der Waals surface area contributed by atoms with Crippen LogP contribution in [0.1, 0.15) is 31.5 Å². The van der Waals surface area contributed by atoms with E-state index in [1.54, 1.807) is 6.20 Å². The molecule has 3 rings (SSSR count). The number of likely N-dealkylation sites (tertiary alicyclic amines) is 1. The van der Waals surface area contributed by atoms with Gasteiger partial charge in [0.15, 0.2) is 0 Å². The van der Waals surface area contributed by atoms with Crippen LogP contribution in [0.2, 0.25) is 0 Å². The second-order valence-electron chi connectivity index (χ2n) is 6.02. The summed E-state index contributed by atoms with van der Waals surface area (Å²) in [7, 11) is 1.99. The van der Waals surface area contributed by atoms with Gasteiger partial charge in [-0.05, 0) is 44.7 Å². The van der Waals surface area contributed by atoms with Crippen molar-refractivity contribution in [3.8, 4) is 0 Å².